The lowest BCUT2D eigenvalue weighted by Gasteiger charge is -2.40. The first-order chi connectivity index (χ1) is 8.43. The third-order valence-corrected chi connectivity index (χ3v) is 5.37. The van der Waals surface area contributed by atoms with Crippen LogP contribution in [0.25, 0.3) is 0 Å². The van der Waals surface area contributed by atoms with Crippen molar-refractivity contribution in [2.75, 3.05) is 26.3 Å². The molecule has 4 aliphatic rings. The van der Waals surface area contributed by atoms with Crippen molar-refractivity contribution in [2.45, 2.75) is 50.2 Å². The SMILES string of the molecule is C1CC2CNC3CCOC[C@H]3[C@H](C3CC3)N2C1. The van der Waals surface area contributed by atoms with Crippen molar-refractivity contribution < 1.29 is 4.74 Å². The lowest BCUT2D eigenvalue weighted by molar-refractivity contribution is -0.00533. The van der Waals surface area contributed by atoms with E-state index < -0.39 is 0 Å². The van der Waals surface area contributed by atoms with Crippen molar-refractivity contribution in [3.63, 3.8) is 0 Å². The average molecular weight is 236 g/mol. The molecule has 0 aromatic carbocycles. The molecular formula is C14H24N2O. The molecule has 3 aliphatic heterocycles. The predicted octanol–water partition coefficient (Wildman–Crippen LogP) is 1.24. The van der Waals surface area contributed by atoms with Gasteiger partial charge in [0.2, 0.25) is 0 Å². The molecule has 0 spiro atoms. The summed E-state index contributed by atoms with van der Waals surface area (Å²) in [7, 11) is 0. The van der Waals surface area contributed by atoms with Crippen molar-refractivity contribution in [3.8, 4) is 0 Å². The molecule has 96 valence electrons. The highest BCUT2D eigenvalue weighted by molar-refractivity contribution is 5.03. The second-order valence-electron chi connectivity index (χ2n) is 6.40. The minimum atomic E-state index is 0.736. The van der Waals surface area contributed by atoms with Crippen LogP contribution in [0, 0.1) is 11.8 Å². The molecule has 1 saturated carbocycles. The second kappa shape index (κ2) is 4.22. The number of ether oxygens (including phenoxy) is 1. The molecule has 4 atom stereocenters. The number of hydrogen-bond acceptors (Lipinski definition) is 3. The summed E-state index contributed by atoms with van der Waals surface area (Å²) in [5.74, 6) is 1.75. The van der Waals surface area contributed by atoms with Gasteiger partial charge in [0.1, 0.15) is 0 Å². The maximum atomic E-state index is 5.78. The summed E-state index contributed by atoms with van der Waals surface area (Å²) < 4.78 is 5.78. The van der Waals surface area contributed by atoms with E-state index >= 15 is 0 Å². The Morgan fingerprint density at radius 2 is 2.06 bits per heavy atom. The van der Waals surface area contributed by atoms with E-state index in [9.17, 15) is 0 Å². The van der Waals surface area contributed by atoms with Gasteiger partial charge in [0.15, 0.2) is 0 Å². The van der Waals surface area contributed by atoms with E-state index in [-0.39, 0.29) is 0 Å². The molecular weight excluding hydrogens is 212 g/mol. The van der Waals surface area contributed by atoms with E-state index in [1.165, 1.54) is 45.2 Å². The second-order valence-corrected chi connectivity index (χ2v) is 6.40. The molecule has 3 saturated heterocycles. The van der Waals surface area contributed by atoms with Gasteiger partial charge in [-0.1, -0.05) is 0 Å². The van der Waals surface area contributed by atoms with Crippen molar-refractivity contribution in [2.24, 2.45) is 11.8 Å². The Kier molecular flexibility index (Phi) is 2.67. The van der Waals surface area contributed by atoms with Crippen molar-refractivity contribution in [1.82, 2.24) is 10.2 Å². The van der Waals surface area contributed by atoms with Crippen LogP contribution >= 0.6 is 0 Å². The van der Waals surface area contributed by atoms with Gasteiger partial charge in [0, 0.05) is 37.2 Å². The Labute approximate surface area is 104 Å². The van der Waals surface area contributed by atoms with Crippen LogP contribution in [0.4, 0.5) is 0 Å². The van der Waals surface area contributed by atoms with Crippen molar-refractivity contribution in [3.05, 3.63) is 0 Å². The van der Waals surface area contributed by atoms with Gasteiger partial charge in [-0.15, -0.1) is 0 Å². The van der Waals surface area contributed by atoms with Crippen LogP contribution in [0.15, 0.2) is 0 Å². The third kappa shape index (κ3) is 1.83. The Bertz CT molecular complexity index is 292. The molecule has 0 aromatic rings. The smallest absolute Gasteiger partial charge is 0.0524 e. The van der Waals surface area contributed by atoms with E-state index in [1.807, 2.05) is 0 Å². The summed E-state index contributed by atoms with van der Waals surface area (Å²) in [4.78, 5) is 2.85. The molecule has 17 heavy (non-hydrogen) atoms. The summed E-state index contributed by atoms with van der Waals surface area (Å²) in [6, 6.07) is 2.40. The maximum absolute atomic E-state index is 5.78. The molecule has 3 nitrogen and oxygen atoms in total. The summed E-state index contributed by atoms with van der Waals surface area (Å²) in [6.07, 6.45) is 6.99. The van der Waals surface area contributed by atoms with Crippen LogP contribution in [-0.2, 0) is 4.74 Å². The Balaban J connectivity index is 1.63. The fourth-order valence-corrected chi connectivity index (χ4v) is 4.41. The zero-order valence-corrected chi connectivity index (χ0v) is 10.6. The van der Waals surface area contributed by atoms with Crippen LogP contribution in [0.5, 0.6) is 0 Å². The van der Waals surface area contributed by atoms with Gasteiger partial charge in [0.05, 0.1) is 6.61 Å². The van der Waals surface area contributed by atoms with Crippen LogP contribution < -0.4 is 5.32 Å². The van der Waals surface area contributed by atoms with Crippen LogP contribution in [-0.4, -0.2) is 49.3 Å². The van der Waals surface area contributed by atoms with Crippen LogP contribution in [0.1, 0.15) is 32.1 Å². The topological polar surface area (TPSA) is 24.5 Å². The molecule has 3 heterocycles. The highest BCUT2D eigenvalue weighted by atomic mass is 16.5. The van der Waals surface area contributed by atoms with Crippen molar-refractivity contribution >= 4 is 0 Å². The van der Waals surface area contributed by atoms with Gasteiger partial charge in [-0.25, -0.2) is 0 Å². The summed E-state index contributed by atoms with van der Waals surface area (Å²) >= 11 is 0. The summed E-state index contributed by atoms with van der Waals surface area (Å²) in [5.41, 5.74) is 0. The summed E-state index contributed by atoms with van der Waals surface area (Å²) in [5, 5.41) is 3.85. The molecule has 0 amide bonds. The first kappa shape index (κ1) is 10.8. The first-order valence-corrected chi connectivity index (χ1v) is 7.50. The molecule has 1 N–H and O–H groups in total. The van der Waals surface area contributed by atoms with E-state index in [4.69, 9.17) is 4.74 Å². The first-order valence-electron chi connectivity index (χ1n) is 7.50. The molecule has 3 heteroatoms. The number of hydrogen-bond donors (Lipinski definition) is 1. The Morgan fingerprint density at radius 1 is 1.12 bits per heavy atom. The normalized spacial score (nSPS) is 47.3. The number of rotatable bonds is 1. The lowest BCUT2D eigenvalue weighted by Crippen LogP contribution is -2.50. The zero-order chi connectivity index (χ0) is 11.2. The molecule has 4 fully saturated rings. The van der Waals surface area contributed by atoms with Gasteiger partial charge < -0.3 is 10.1 Å². The van der Waals surface area contributed by atoms with E-state index in [0.29, 0.717) is 0 Å². The Morgan fingerprint density at radius 3 is 2.94 bits per heavy atom. The zero-order valence-electron chi connectivity index (χ0n) is 10.6. The lowest BCUT2D eigenvalue weighted by atomic mass is 9.85. The summed E-state index contributed by atoms with van der Waals surface area (Å²) in [6.45, 7) is 4.54. The molecule has 2 unspecified atom stereocenters. The standard InChI is InChI=1S/C14H24N2O/c1-2-11-8-15-13-5-7-17-9-12(13)14(10-3-4-10)16(11)6-1/h10-15H,1-9H2/t11?,12-,13?,14+/m1/s1. The fraction of sp³-hybridized carbons (Fsp3) is 1.00. The highest BCUT2D eigenvalue weighted by Crippen LogP contribution is 2.44. The van der Waals surface area contributed by atoms with E-state index in [2.05, 4.69) is 10.2 Å². The third-order valence-electron chi connectivity index (χ3n) is 5.37. The van der Waals surface area contributed by atoms with Crippen LogP contribution in [0.2, 0.25) is 0 Å². The highest BCUT2D eigenvalue weighted by Gasteiger charge is 2.48. The van der Waals surface area contributed by atoms with Gasteiger partial charge in [-0.2, -0.15) is 0 Å². The molecule has 4 rings (SSSR count). The van der Waals surface area contributed by atoms with Crippen molar-refractivity contribution in [1.29, 1.82) is 0 Å². The number of nitrogens with one attached hydrogen (secondary N) is 1. The minimum absolute atomic E-state index is 0.736. The van der Waals surface area contributed by atoms with E-state index in [1.54, 1.807) is 0 Å². The largest absolute Gasteiger partial charge is 0.381 e. The monoisotopic (exact) mass is 236 g/mol. The van der Waals surface area contributed by atoms with Gasteiger partial charge in [-0.3, -0.25) is 4.90 Å². The van der Waals surface area contributed by atoms with E-state index in [0.717, 1.165) is 43.2 Å². The fourth-order valence-electron chi connectivity index (χ4n) is 4.41. The van der Waals surface area contributed by atoms with Gasteiger partial charge in [-0.05, 0) is 44.6 Å². The molecule has 0 bridgehead atoms. The number of fused-ring (bicyclic) bond motifs is 2. The van der Waals surface area contributed by atoms with Gasteiger partial charge in [0.25, 0.3) is 0 Å². The Hall–Kier alpha value is -0.120. The molecule has 1 aliphatic carbocycles. The van der Waals surface area contributed by atoms with Crippen LogP contribution in [0.3, 0.4) is 0 Å². The minimum Gasteiger partial charge on any atom is -0.381 e. The molecule has 0 radical (unpaired) electrons. The quantitative estimate of drug-likeness (QED) is 0.741. The maximum Gasteiger partial charge on any atom is 0.0524 e. The number of nitrogens with zero attached hydrogens (tertiary/aromatic N) is 1. The predicted molar refractivity (Wildman–Crippen MR) is 67.0 cm³/mol. The van der Waals surface area contributed by atoms with Gasteiger partial charge >= 0.3 is 0 Å². The average Bonchev–Trinajstić information content (AvgIpc) is 3.10. The molecule has 0 aromatic heterocycles.